The van der Waals surface area contributed by atoms with Crippen LogP contribution in [-0.4, -0.2) is 0 Å². The predicted octanol–water partition coefficient (Wildman–Crippen LogP) is 4.05. The Balaban J connectivity index is 4.51. The van der Waals surface area contributed by atoms with E-state index < -0.39 is 0 Å². The fourth-order valence-corrected chi connectivity index (χ4v) is 1.39. The van der Waals surface area contributed by atoms with Gasteiger partial charge in [0, 0.05) is 0 Å². The van der Waals surface area contributed by atoms with Crippen LogP contribution in [-0.2, 0) is 0 Å². The first kappa shape index (κ1) is 11.5. The van der Waals surface area contributed by atoms with Crippen molar-refractivity contribution >= 4 is 0 Å². The summed E-state index contributed by atoms with van der Waals surface area (Å²) in [7, 11) is 0. The average Bonchev–Trinajstić information content (AvgIpc) is 1.98. The summed E-state index contributed by atoms with van der Waals surface area (Å²) < 4.78 is 0. The molecule has 1 unspecified atom stereocenters. The smallest absolute Gasteiger partial charge is 0.0203 e. The van der Waals surface area contributed by atoms with E-state index in [1.54, 1.807) is 0 Å². The molecule has 0 aromatic carbocycles. The van der Waals surface area contributed by atoms with Gasteiger partial charge in [0.05, 0.1) is 0 Å². The second-order valence-corrected chi connectivity index (χ2v) is 4.09. The van der Waals surface area contributed by atoms with Gasteiger partial charge in [0.2, 0.25) is 0 Å². The minimum absolute atomic E-state index is 0.639. The third kappa shape index (κ3) is 3.25. The molecule has 0 rings (SSSR count). The van der Waals surface area contributed by atoms with Crippen LogP contribution >= 0.6 is 0 Å². The number of rotatable bonds is 4. The SMILES string of the molecule is C=C/C=C(/C(C)C)C(C)C(C)C. The summed E-state index contributed by atoms with van der Waals surface area (Å²) in [5.41, 5.74) is 1.51. The van der Waals surface area contributed by atoms with Crippen LogP contribution in [0.3, 0.4) is 0 Å². The zero-order valence-electron chi connectivity index (χ0n) is 9.09. The van der Waals surface area contributed by atoms with Gasteiger partial charge < -0.3 is 0 Å². The van der Waals surface area contributed by atoms with Crippen LogP contribution in [0.2, 0.25) is 0 Å². The lowest BCUT2D eigenvalue weighted by Crippen LogP contribution is -2.11. The van der Waals surface area contributed by atoms with Crippen molar-refractivity contribution in [1.29, 1.82) is 0 Å². The zero-order valence-corrected chi connectivity index (χ0v) is 9.09. The quantitative estimate of drug-likeness (QED) is 0.553. The molecule has 0 saturated heterocycles. The molecule has 0 N–H and O–H groups in total. The summed E-state index contributed by atoms with van der Waals surface area (Å²) in [5, 5.41) is 0. The summed E-state index contributed by atoms with van der Waals surface area (Å²) in [4.78, 5) is 0. The first-order valence-electron chi connectivity index (χ1n) is 4.83. The van der Waals surface area contributed by atoms with Crippen molar-refractivity contribution in [2.24, 2.45) is 17.8 Å². The number of hydrogen-bond acceptors (Lipinski definition) is 0. The highest BCUT2D eigenvalue weighted by Gasteiger charge is 2.14. The number of allylic oxidation sites excluding steroid dienone is 3. The van der Waals surface area contributed by atoms with Crippen molar-refractivity contribution in [2.45, 2.75) is 34.6 Å². The van der Waals surface area contributed by atoms with Crippen LogP contribution < -0.4 is 0 Å². The molecule has 0 fully saturated rings. The van der Waals surface area contributed by atoms with E-state index in [2.05, 4.69) is 47.3 Å². The highest BCUT2D eigenvalue weighted by Crippen LogP contribution is 2.25. The maximum atomic E-state index is 3.75. The second kappa shape index (κ2) is 5.18. The van der Waals surface area contributed by atoms with Gasteiger partial charge in [-0.25, -0.2) is 0 Å². The van der Waals surface area contributed by atoms with Crippen LogP contribution in [0.15, 0.2) is 24.3 Å². The highest BCUT2D eigenvalue weighted by molar-refractivity contribution is 5.15. The molecule has 0 aromatic rings. The summed E-state index contributed by atoms with van der Waals surface area (Å²) in [6, 6.07) is 0. The Morgan fingerprint density at radius 1 is 1.08 bits per heavy atom. The van der Waals surface area contributed by atoms with Crippen molar-refractivity contribution < 1.29 is 0 Å². The van der Waals surface area contributed by atoms with Crippen LogP contribution in [0.5, 0.6) is 0 Å². The van der Waals surface area contributed by atoms with E-state index >= 15 is 0 Å². The van der Waals surface area contributed by atoms with Gasteiger partial charge in [0.25, 0.3) is 0 Å². The fraction of sp³-hybridized carbons (Fsp3) is 0.667. The third-order valence-corrected chi connectivity index (χ3v) is 2.50. The monoisotopic (exact) mass is 166 g/mol. The molecule has 70 valence electrons. The minimum atomic E-state index is 0.639. The maximum absolute atomic E-state index is 3.75. The van der Waals surface area contributed by atoms with Gasteiger partial charge >= 0.3 is 0 Å². The first-order valence-corrected chi connectivity index (χ1v) is 4.83. The molecule has 0 amide bonds. The summed E-state index contributed by atoms with van der Waals surface area (Å²) in [5.74, 6) is 2.03. The minimum Gasteiger partial charge on any atom is -0.0991 e. The molecule has 0 heterocycles. The summed E-state index contributed by atoms with van der Waals surface area (Å²) >= 11 is 0. The largest absolute Gasteiger partial charge is 0.0991 e. The summed E-state index contributed by atoms with van der Waals surface area (Å²) in [6.07, 6.45) is 4.06. The van der Waals surface area contributed by atoms with E-state index in [-0.39, 0.29) is 0 Å². The van der Waals surface area contributed by atoms with Crippen molar-refractivity contribution in [3.63, 3.8) is 0 Å². The lowest BCUT2D eigenvalue weighted by atomic mass is 9.83. The van der Waals surface area contributed by atoms with Gasteiger partial charge in [-0.1, -0.05) is 58.9 Å². The van der Waals surface area contributed by atoms with E-state index in [1.807, 2.05) is 6.08 Å². The molecule has 0 radical (unpaired) electrons. The molecular formula is C12H22. The third-order valence-electron chi connectivity index (χ3n) is 2.50. The molecule has 0 saturated carbocycles. The Morgan fingerprint density at radius 2 is 1.58 bits per heavy atom. The molecule has 0 aliphatic carbocycles. The topological polar surface area (TPSA) is 0 Å². The van der Waals surface area contributed by atoms with Crippen molar-refractivity contribution in [2.75, 3.05) is 0 Å². The average molecular weight is 166 g/mol. The van der Waals surface area contributed by atoms with E-state index in [0.717, 1.165) is 5.92 Å². The van der Waals surface area contributed by atoms with Gasteiger partial charge in [-0.2, -0.15) is 0 Å². The highest BCUT2D eigenvalue weighted by atomic mass is 14.2. The van der Waals surface area contributed by atoms with Crippen LogP contribution in [0.25, 0.3) is 0 Å². The van der Waals surface area contributed by atoms with Crippen molar-refractivity contribution in [3.8, 4) is 0 Å². The van der Waals surface area contributed by atoms with Crippen LogP contribution in [0, 0.1) is 17.8 Å². The van der Waals surface area contributed by atoms with E-state index in [9.17, 15) is 0 Å². The zero-order chi connectivity index (χ0) is 9.72. The Labute approximate surface area is 77.4 Å². The molecule has 0 bridgehead atoms. The second-order valence-electron chi connectivity index (χ2n) is 4.09. The van der Waals surface area contributed by atoms with E-state index in [0.29, 0.717) is 11.8 Å². The normalized spacial score (nSPS) is 15.4. The van der Waals surface area contributed by atoms with Crippen molar-refractivity contribution in [3.05, 3.63) is 24.3 Å². The molecule has 0 aliphatic rings. The standard InChI is InChI=1S/C12H22/c1-7-8-12(10(4)5)11(6)9(2)3/h7-11H,1H2,2-6H3/b12-8-. The Bertz CT molecular complexity index is 161. The fourth-order valence-electron chi connectivity index (χ4n) is 1.39. The van der Waals surface area contributed by atoms with Gasteiger partial charge in [0.1, 0.15) is 0 Å². The van der Waals surface area contributed by atoms with Gasteiger partial charge in [-0.3, -0.25) is 0 Å². The molecule has 0 heteroatoms. The van der Waals surface area contributed by atoms with Crippen LogP contribution in [0.1, 0.15) is 34.6 Å². The first-order chi connectivity index (χ1) is 5.50. The van der Waals surface area contributed by atoms with Crippen molar-refractivity contribution in [1.82, 2.24) is 0 Å². The lowest BCUT2D eigenvalue weighted by molar-refractivity contribution is 0.444. The Morgan fingerprint density at radius 3 is 1.83 bits per heavy atom. The molecule has 12 heavy (non-hydrogen) atoms. The van der Waals surface area contributed by atoms with Gasteiger partial charge in [-0.05, 0) is 17.8 Å². The van der Waals surface area contributed by atoms with Gasteiger partial charge in [-0.15, -0.1) is 0 Å². The molecule has 1 atom stereocenters. The number of hydrogen-bond donors (Lipinski definition) is 0. The van der Waals surface area contributed by atoms with E-state index in [4.69, 9.17) is 0 Å². The van der Waals surface area contributed by atoms with E-state index in [1.165, 1.54) is 5.57 Å². The lowest BCUT2D eigenvalue weighted by Gasteiger charge is -2.22. The van der Waals surface area contributed by atoms with Gasteiger partial charge in [0.15, 0.2) is 0 Å². The Hall–Kier alpha value is -0.520. The molecule has 0 aliphatic heterocycles. The molecule has 0 spiro atoms. The Kier molecular flexibility index (Phi) is 4.96. The maximum Gasteiger partial charge on any atom is -0.0203 e. The summed E-state index contributed by atoms with van der Waals surface area (Å²) in [6.45, 7) is 15.1. The van der Waals surface area contributed by atoms with Crippen LogP contribution in [0.4, 0.5) is 0 Å². The molecule has 0 aromatic heterocycles. The molecular weight excluding hydrogens is 144 g/mol. The molecule has 0 nitrogen and oxygen atoms in total. The predicted molar refractivity (Wildman–Crippen MR) is 57.1 cm³/mol.